The highest BCUT2D eigenvalue weighted by Crippen LogP contribution is 2.30. The van der Waals surface area contributed by atoms with Crippen LogP contribution in [0.25, 0.3) is 0 Å². The van der Waals surface area contributed by atoms with Gasteiger partial charge in [0.15, 0.2) is 17.7 Å². The van der Waals surface area contributed by atoms with Gasteiger partial charge < -0.3 is 15.3 Å². The first kappa shape index (κ1) is 14.2. The molecule has 0 spiro atoms. The predicted octanol–water partition coefficient (Wildman–Crippen LogP) is 0.847. The summed E-state index contributed by atoms with van der Waals surface area (Å²) < 4.78 is 0. The number of aldehydes is 1. The van der Waals surface area contributed by atoms with Crippen LogP contribution in [0.1, 0.15) is 11.7 Å². The molecule has 0 bridgehead atoms. The molecule has 3 unspecified atom stereocenters. The van der Waals surface area contributed by atoms with Crippen molar-refractivity contribution in [1.29, 1.82) is 0 Å². The van der Waals surface area contributed by atoms with Crippen molar-refractivity contribution < 1.29 is 24.9 Å². The van der Waals surface area contributed by atoms with Gasteiger partial charge in [0.1, 0.15) is 11.9 Å². The molecule has 0 heterocycles. The fraction of sp³-hybridized carbons (Fsp3) is 0.200. The second kappa shape index (κ2) is 5.40. The number of benzene rings is 1. The lowest BCUT2D eigenvalue weighted by atomic mass is 9.79. The Morgan fingerprint density at radius 3 is 2.55 bits per heavy atom. The first-order valence-corrected chi connectivity index (χ1v) is 6.03. The topological polar surface area (TPSA) is 94.8 Å². The van der Waals surface area contributed by atoms with Gasteiger partial charge in [-0.3, -0.25) is 9.59 Å². The van der Waals surface area contributed by atoms with Gasteiger partial charge in [-0.1, -0.05) is 30.3 Å². The summed E-state index contributed by atoms with van der Waals surface area (Å²) in [6.07, 6.45) is 1.96. The monoisotopic (exact) mass is 274 g/mol. The van der Waals surface area contributed by atoms with Crippen LogP contribution in [0.5, 0.6) is 0 Å². The summed E-state index contributed by atoms with van der Waals surface area (Å²) in [6, 6.07) is 8.17. The Bertz CT molecular complexity index is 575. The van der Waals surface area contributed by atoms with Gasteiger partial charge in [0, 0.05) is 0 Å². The van der Waals surface area contributed by atoms with Crippen LogP contribution in [-0.4, -0.2) is 33.0 Å². The van der Waals surface area contributed by atoms with Crippen molar-refractivity contribution in [2.45, 2.75) is 11.7 Å². The average molecular weight is 274 g/mol. The Morgan fingerprint density at radius 2 is 1.95 bits per heavy atom. The van der Waals surface area contributed by atoms with Gasteiger partial charge >= 0.3 is 0 Å². The standard InChI is InChI=1S/C15H14O5/c16-9-15(20)7-6-11(17)8-12(15)14(19)13(18)10-4-2-1-3-5-10/h1-9,12-13,17-18,20H. The number of aliphatic hydroxyl groups excluding tert-OH is 2. The lowest BCUT2D eigenvalue weighted by Gasteiger charge is -2.29. The highest BCUT2D eigenvalue weighted by Gasteiger charge is 2.42. The van der Waals surface area contributed by atoms with Crippen LogP contribution in [0.4, 0.5) is 0 Å². The van der Waals surface area contributed by atoms with E-state index in [1.165, 1.54) is 0 Å². The maximum absolute atomic E-state index is 12.3. The van der Waals surface area contributed by atoms with Crippen LogP contribution in [0.2, 0.25) is 0 Å². The molecule has 5 heteroatoms. The molecular formula is C15H14O5. The van der Waals surface area contributed by atoms with E-state index in [2.05, 4.69) is 0 Å². The summed E-state index contributed by atoms with van der Waals surface area (Å²) in [5.74, 6) is -2.34. The molecule has 1 aromatic carbocycles. The molecule has 1 aliphatic rings. The van der Waals surface area contributed by atoms with Crippen molar-refractivity contribution in [3.05, 3.63) is 59.9 Å². The minimum absolute atomic E-state index is 0.215. The van der Waals surface area contributed by atoms with Crippen molar-refractivity contribution in [1.82, 2.24) is 0 Å². The van der Waals surface area contributed by atoms with Crippen LogP contribution < -0.4 is 0 Å². The molecule has 0 amide bonds. The number of allylic oxidation sites excluding steroid dienone is 1. The van der Waals surface area contributed by atoms with Crippen LogP contribution in [0, 0.1) is 5.92 Å². The zero-order chi connectivity index (χ0) is 14.8. The Balaban J connectivity index is 2.32. The molecule has 0 fully saturated rings. The van der Waals surface area contributed by atoms with Crippen LogP contribution in [-0.2, 0) is 9.59 Å². The molecule has 0 aliphatic heterocycles. The second-order valence-corrected chi connectivity index (χ2v) is 4.62. The van der Waals surface area contributed by atoms with E-state index < -0.39 is 23.4 Å². The minimum atomic E-state index is -2.06. The molecule has 5 nitrogen and oxygen atoms in total. The van der Waals surface area contributed by atoms with Gasteiger partial charge in [-0.2, -0.15) is 0 Å². The maximum atomic E-state index is 12.3. The molecule has 20 heavy (non-hydrogen) atoms. The molecule has 0 saturated carbocycles. The van der Waals surface area contributed by atoms with E-state index in [4.69, 9.17) is 0 Å². The van der Waals surface area contributed by atoms with E-state index in [9.17, 15) is 24.9 Å². The Morgan fingerprint density at radius 1 is 1.30 bits per heavy atom. The number of hydrogen-bond acceptors (Lipinski definition) is 5. The molecular weight excluding hydrogens is 260 g/mol. The number of carbonyl (C=O) groups is 2. The third kappa shape index (κ3) is 2.54. The van der Waals surface area contributed by atoms with Crippen molar-refractivity contribution in [3.63, 3.8) is 0 Å². The van der Waals surface area contributed by atoms with E-state index in [-0.39, 0.29) is 12.0 Å². The van der Waals surface area contributed by atoms with Crippen molar-refractivity contribution in [2.75, 3.05) is 0 Å². The Hall–Kier alpha value is -2.24. The fourth-order valence-electron chi connectivity index (χ4n) is 2.07. The number of rotatable bonds is 4. The van der Waals surface area contributed by atoms with Crippen LogP contribution in [0.3, 0.4) is 0 Å². The van der Waals surface area contributed by atoms with Gasteiger partial charge in [-0.15, -0.1) is 0 Å². The summed E-state index contributed by atoms with van der Waals surface area (Å²) in [4.78, 5) is 23.3. The summed E-state index contributed by atoms with van der Waals surface area (Å²) >= 11 is 0. The first-order chi connectivity index (χ1) is 9.48. The van der Waals surface area contributed by atoms with E-state index >= 15 is 0 Å². The van der Waals surface area contributed by atoms with E-state index in [0.29, 0.717) is 5.56 Å². The van der Waals surface area contributed by atoms with Gasteiger partial charge in [-0.05, 0) is 23.8 Å². The largest absolute Gasteiger partial charge is 0.508 e. The SMILES string of the molecule is O=CC1(O)C=CC(O)=CC1C(=O)C(O)c1ccccc1. The molecule has 104 valence electrons. The molecule has 1 aromatic rings. The van der Waals surface area contributed by atoms with E-state index in [1.807, 2.05) is 0 Å². The van der Waals surface area contributed by atoms with Crippen molar-refractivity contribution in [3.8, 4) is 0 Å². The molecule has 3 N–H and O–H groups in total. The molecule has 0 aromatic heterocycles. The normalized spacial score (nSPS) is 26.7. The number of hydrogen-bond donors (Lipinski definition) is 3. The quantitative estimate of drug-likeness (QED) is 0.707. The third-order valence-corrected chi connectivity index (χ3v) is 3.24. The zero-order valence-electron chi connectivity index (χ0n) is 10.5. The van der Waals surface area contributed by atoms with Gasteiger partial charge in [0.05, 0.1) is 5.92 Å². The van der Waals surface area contributed by atoms with E-state index in [0.717, 1.165) is 18.2 Å². The number of ketones is 1. The number of aliphatic hydroxyl groups is 3. The highest BCUT2D eigenvalue weighted by atomic mass is 16.3. The van der Waals surface area contributed by atoms with Gasteiger partial charge in [-0.25, -0.2) is 0 Å². The second-order valence-electron chi connectivity index (χ2n) is 4.62. The maximum Gasteiger partial charge on any atom is 0.176 e. The molecule has 0 saturated heterocycles. The molecule has 2 rings (SSSR count). The average Bonchev–Trinajstić information content (AvgIpc) is 2.49. The molecule has 1 aliphatic carbocycles. The van der Waals surface area contributed by atoms with Crippen molar-refractivity contribution in [2.24, 2.45) is 5.92 Å². The Kier molecular flexibility index (Phi) is 3.83. The Labute approximate surface area is 115 Å². The summed E-state index contributed by atoms with van der Waals surface area (Å²) in [5, 5.41) is 29.5. The van der Waals surface area contributed by atoms with Crippen LogP contribution >= 0.6 is 0 Å². The third-order valence-electron chi connectivity index (χ3n) is 3.24. The summed E-state index contributed by atoms with van der Waals surface area (Å²) in [6.45, 7) is 0. The lowest BCUT2D eigenvalue weighted by molar-refractivity contribution is -0.140. The highest BCUT2D eigenvalue weighted by molar-refractivity contribution is 5.93. The first-order valence-electron chi connectivity index (χ1n) is 6.03. The smallest absolute Gasteiger partial charge is 0.176 e. The van der Waals surface area contributed by atoms with Crippen molar-refractivity contribution >= 4 is 12.1 Å². The number of carbonyl (C=O) groups excluding carboxylic acids is 2. The number of Topliss-reactive ketones (excluding diaryl/α,β-unsaturated/α-hetero) is 1. The van der Waals surface area contributed by atoms with Gasteiger partial charge in [0.25, 0.3) is 0 Å². The molecule has 0 radical (unpaired) electrons. The van der Waals surface area contributed by atoms with Gasteiger partial charge in [0.2, 0.25) is 0 Å². The zero-order valence-corrected chi connectivity index (χ0v) is 10.5. The minimum Gasteiger partial charge on any atom is -0.508 e. The van der Waals surface area contributed by atoms with E-state index in [1.54, 1.807) is 30.3 Å². The summed E-state index contributed by atoms with van der Waals surface area (Å²) in [5.41, 5.74) is -1.70. The lowest BCUT2D eigenvalue weighted by Crippen LogP contribution is -2.44. The van der Waals surface area contributed by atoms with Crippen LogP contribution in [0.15, 0.2) is 54.3 Å². The predicted molar refractivity (Wildman–Crippen MR) is 70.8 cm³/mol. The molecule has 3 atom stereocenters. The fourth-order valence-corrected chi connectivity index (χ4v) is 2.07. The summed E-state index contributed by atoms with van der Waals surface area (Å²) in [7, 11) is 0.